The largest absolute Gasteiger partial charge is 0.417 e. The van der Waals surface area contributed by atoms with Crippen LogP contribution in [0.25, 0.3) is 0 Å². The molecule has 0 spiro atoms. The molecule has 0 unspecified atom stereocenters. The van der Waals surface area contributed by atoms with E-state index < -0.39 is 17.6 Å². The van der Waals surface area contributed by atoms with E-state index in [0.717, 1.165) is 6.07 Å². The maximum absolute atomic E-state index is 12.9. The lowest BCUT2D eigenvalue weighted by Gasteiger charge is -2.27. The van der Waals surface area contributed by atoms with Crippen LogP contribution >= 0.6 is 0 Å². The molecule has 0 saturated heterocycles. The summed E-state index contributed by atoms with van der Waals surface area (Å²) in [6, 6.07) is 4.66. The highest BCUT2D eigenvalue weighted by Crippen LogP contribution is 2.32. The Morgan fingerprint density at radius 1 is 1.30 bits per heavy atom. The topological polar surface area (TPSA) is 46.3 Å². The van der Waals surface area contributed by atoms with E-state index in [1.165, 1.54) is 23.1 Å². The van der Waals surface area contributed by atoms with Crippen molar-refractivity contribution < 1.29 is 18.0 Å². The number of rotatable bonds is 5. The third-order valence-electron chi connectivity index (χ3n) is 2.95. The second kappa shape index (κ2) is 6.74. The molecule has 1 aromatic rings. The van der Waals surface area contributed by atoms with Gasteiger partial charge in [0.2, 0.25) is 0 Å². The van der Waals surface area contributed by atoms with Gasteiger partial charge in [-0.1, -0.05) is 12.1 Å². The lowest BCUT2D eigenvalue weighted by molar-refractivity contribution is -0.138. The number of hydrogen-bond acceptors (Lipinski definition) is 2. The first-order valence-electron chi connectivity index (χ1n) is 6.46. The number of alkyl halides is 3. The first-order chi connectivity index (χ1) is 9.29. The van der Waals surface area contributed by atoms with Gasteiger partial charge < -0.3 is 10.6 Å². The minimum Gasteiger partial charge on any atom is -0.336 e. The first-order valence-corrected chi connectivity index (χ1v) is 6.46. The van der Waals surface area contributed by atoms with Crippen LogP contribution in [0.4, 0.5) is 13.2 Å². The molecule has 20 heavy (non-hydrogen) atoms. The third kappa shape index (κ3) is 3.96. The van der Waals surface area contributed by atoms with Gasteiger partial charge in [0.15, 0.2) is 0 Å². The molecule has 0 aromatic heterocycles. The zero-order valence-corrected chi connectivity index (χ0v) is 11.6. The van der Waals surface area contributed by atoms with Crippen molar-refractivity contribution in [2.24, 2.45) is 5.73 Å². The molecule has 0 bridgehead atoms. The van der Waals surface area contributed by atoms with Crippen molar-refractivity contribution in [2.45, 2.75) is 32.5 Å². The van der Waals surface area contributed by atoms with Crippen LogP contribution in [-0.2, 0) is 6.18 Å². The van der Waals surface area contributed by atoms with E-state index in [-0.39, 0.29) is 11.6 Å². The van der Waals surface area contributed by atoms with Crippen LogP contribution in [0.1, 0.15) is 36.2 Å². The highest BCUT2D eigenvalue weighted by molar-refractivity contribution is 5.96. The van der Waals surface area contributed by atoms with Crippen molar-refractivity contribution in [1.82, 2.24) is 4.90 Å². The van der Waals surface area contributed by atoms with Crippen LogP contribution in [0.15, 0.2) is 24.3 Å². The second-order valence-corrected chi connectivity index (χ2v) is 4.78. The lowest BCUT2D eigenvalue weighted by atomic mass is 10.0. The number of halogens is 3. The van der Waals surface area contributed by atoms with E-state index in [0.29, 0.717) is 19.5 Å². The molecular formula is C14H19F3N2O. The van der Waals surface area contributed by atoms with Gasteiger partial charge in [-0.2, -0.15) is 13.2 Å². The van der Waals surface area contributed by atoms with Crippen LogP contribution in [-0.4, -0.2) is 29.9 Å². The zero-order chi connectivity index (χ0) is 15.3. The predicted octanol–water partition coefficient (Wildman–Crippen LogP) is 2.90. The number of nitrogens with zero attached hydrogens (tertiary/aromatic N) is 1. The van der Waals surface area contributed by atoms with Gasteiger partial charge in [-0.15, -0.1) is 0 Å². The third-order valence-corrected chi connectivity index (χ3v) is 2.95. The fourth-order valence-corrected chi connectivity index (χ4v) is 1.93. The van der Waals surface area contributed by atoms with Gasteiger partial charge in [0.25, 0.3) is 5.91 Å². The van der Waals surface area contributed by atoms with Crippen molar-refractivity contribution in [1.29, 1.82) is 0 Å². The molecule has 2 N–H and O–H groups in total. The molecule has 0 radical (unpaired) electrons. The molecule has 3 nitrogen and oxygen atoms in total. The normalized spacial score (nSPS) is 11.8. The summed E-state index contributed by atoms with van der Waals surface area (Å²) in [7, 11) is 0. The van der Waals surface area contributed by atoms with E-state index >= 15 is 0 Å². The maximum Gasteiger partial charge on any atom is 0.417 e. The fraction of sp³-hybridized carbons (Fsp3) is 0.500. The number of nitrogens with two attached hydrogens (primary N) is 1. The number of carbonyl (C=O) groups is 1. The number of carbonyl (C=O) groups excluding carboxylic acids is 1. The Morgan fingerprint density at radius 3 is 2.40 bits per heavy atom. The average Bonchev–Trinajstić information content (AvgIpc) is 2.37. The van der Waals surface area contributed by atoms with Gasteiger partial charge in [0, 0.05) is 12.6 Å². The Morgan fingerprint density at radius 2 is 1.90 bits per heavy atom. The van der Waals surface area contributed by atoms with Crippen molar-refractivity contribution in [2.75, 3.05) is 13.1 Å². The highest BCUT2D eigenvalue weighted by Gasteiger charge is 2.36. The van der Waals surface area contributed by atoms with E-state index in [1.54, 1.807) is 13.8 Å². The quantitative estimate of drug-likeness (QED) is 0.905. The SMILES string of the molecule is CC(C)N(CCCN)C(=O)c1ccccc1C(F)(F)F. The summed E-state index contributed by atoms with van der Waals surface area (Å²) in [5.41, 5.74) is 4.18. The van der Waals surface area contributed by atoms with E-state index in [9.17, 15) is 18.0 Å². The van der Waals surface area contributed by atoms with Crippen molar-refractivity contribution in [3.8, 4) is 0 Å². The molecule has 6 heteroatoms. The monoisotopic (exact) mass is 288 g/mol. The van der Waals surface area contributed by atoms with Gasteiger partial charge in [-0.25, -0.2) is 0 Å². The van der Waals surface area contributed by atoms with Crippen LogP contribution in [0.2, 0.25) is 0 Å². The van der Waals surface area contributed by atoms with Crippen LogP contribution < -0.4 is 5.73 Å². The van der Waals surface area contributed by atoms with Crippen molar-refractivity contribution in [3.63, 3.8) is 0 Å². The summed E-state index contributed by atoms with van der Waals surface area (Å²) in [6.07, 6.45) is -3.99. The predicted molar refractivity (Wildman–Crippen MR) is 71.3 cm³/mol. The molecule has 1 rings (SSSR count). The zero-order valence-electron chi connectivity index (χ0n) is 11.6. The summed E-state index contributed by atoms with van der Waals surface area (Å²) in [4.78, 5) is 13.8. The van der Waals surface area contributed by atoms with Gasteiger partial charge in [-0.3, -0.25) is 4.79 Å². The summed E-state index contributed by atoms with van der Waals surface area (Å²) in [6.45, 7) is 4.27. The highest BCUT2D eigenvalue weighted by atomic mass is 19.4. The van der Waals surface area contributed by atoms with Crippen molar-refractivity contribution >= 4 is 5.91 Å². The molecule has 0 heterocycles. The Bertz CT molecular complexity index is 458. The Balaban J connectivity index is 3.12. The smallest absolute Gasteiger partial charge is 0.336 e. The average molecular weight is 288 g/mol. The molecule has 0 aliphatic carbocycles. The van der Waals surface area contributed by atoms with Gasteiger partial charge >= 0.3 is 6.18 Å². The minimum absolute atomic E-state index is 0.185. The molecule has 0 aliphatic rings. The summed E-state index contributed by atoms with van der Waals surface area (Å²) >= 11 is 0. The number of amides is 1. The fourth-order valence-electron chi connectivity index (χ4n) is 1.93. The lowest BCUT2D eigenvalue weighted by Crippen LogP contribution is -2.39. The van der Waals surface area contributed by atoms with Gasteiger partial charge in [-0.05, 0) is 38.9 Å². The maximum atomic E-state index is 12.9. The molecule has 0 aliphatic heterocycles. The molecule has 1 aromatic carbocycles. The van der Waals surface area contributed by atoms with Crippen LogP contribution in [0.5, 0.6) is 0 Å². The summed E-state index contributed by atoms with van der Waals surface area (Å²) < 4.78 is 38.8. The van der Waals surface area contributed by atoms with E-state index in [1.807, 2.05) is 0 Å². The van der Waals surface area contributed by atoms with Crippen LogP contribution in [0, 0.1) is 0 Å². The Kier molecular flexibility index (Phi) is 5.56. The number of benzene rings is 1. The first kappa shape index (κ1) is 16.5. The molecule has 0 saturated carbocycles. The summed E-state index contributed by atoms with van der Waals surface area (Å²) in [5, 5.41) is 0. The molecule has 0 atom stereocenters. The van der Waals surface area contributed by atoms with Gasteiger partial charge in [0.1, 0.15) is 0 Å². The molecule has 1 amide bonds. The van der Waals surface area contributed by atoms with Gasteiger partial charge in [0.05, 0.1) is 11.1 Å². The van der Waals surface area contributed by atoms with E-state index in [4.69, 9.17) is 5.73 Å². The summed E-state index contributed by atoms with van der Waals surface area (Å²) in [5.74, 6) is -0.610. The molecule has 112 valence electrons. The molecule has 0 fully saturated rings. The van der Waals surface area contributed by atoms with Crippen molar-refractivity contribution in [3.05, 3.63) is 35.4 Å². The molecular weight excluding hydrogens is 269 g/mol. The standard InChI is InChI=1S/C14H19F3N2O/c1-10(2)19(9-5-8-18)13(20)11-6-3-4-7-12(11)14(15,16)17/h3-4,6-7,10H,5,8-9,18H2,1-2H3. The number of hydrogen-bond donors (Lipinski definition) is 1. The Labute approximate surface area is 116 Å². The van der Waals surface area contributed by atoms with E-state index in [2.05, 4.69) is 0 Å². The Hall–Kier alpha value is -1.56. The second-order valence-electron chi connectivity index (χ2n) is 4.78. The van der Waals surface area contributed by atoms with Crippen LogP contribution in [0.3, 0.4) is 0 Å². The minimum atomic E-state index is -4.54.